The Morgan fingerprint density at radius 1 is 1.16 bits per heavy atom. The van der Waals surface area contributed by atoms with E-state index in [2.05, 4.69) is 31.3 Å². The molecule has 138 valence electrons. The Hall–Kier alpha value is -2.09. The molecule has 0 heterocycles. The molecule has 0 radical (unpaired) electrons. The van der Waals surface area contributed by atoms with Crippen molar-refractivity contribution in [2.24, 2.45) is 0 Å². The lowest BCUT2D eigenvalue weighted by atomic mass is 10.0. The maximum atomic E-state index is 12.1. The molecule has 0 aliphatic heterocycles. The third-order valence-electron chi connectivity index (χ3n) is 3.00. The molecule has 0 saturated carbocycles. The fourth-order valence-electron chi connectivity index (χ4n) is 1.91. The van der Waals surface area contributed by atoms with E-state index in [9.17, 15) is 14.4 Å². The van der Waals surface area contributed by atoms with Gasteiger partial charge in [0.25, 0.3) is 0 Å². The van der Waals surface area contributed by atoms with Gasteiger partial charge in [0.2, 0.25) is 5.91 Å². The second-order valence-electron chi connectivity index (χ2n) is 6.31. The van der Waals surface area contributed by atoms with E-state index < -0.39 is 29.6 Å². The first-order valence-electron chi connectivity index (χ1n) is 7.69. The van der Waals surface area contributed by atoms with Crippen LogP contribution in [0.1, 0.15) is 38.8 Å². The lowest BCUT2D eigenvalue weighted by molar-refractivity contribution is -0.141. The molecule has 1 unspecified atom stereocenters. The average Bonchev–Trinajstić information content (AvgIpc) is 2.51. The summed E-state index contributed by atoms with van der Waals surface area (Å²) in [4.78, 5) is 35.3. The van der Waals surface area contributed by atoms with E-state index >= 15 is 0 Å². The summed E-state index contributed by atoms with van der Waals surface area (Å²) in [6.07, 6.45) is -0.702. The van der Waals surface area contributed by atoms with Gasteiger partial charge in [-0.1, -0.05) is 28.1 Å². The van der Waals surface area contributed by atoms with Gasteiger partial charge in [-0.15, -0.1) is 0 Å². The largest absolute Gasteiger partial charge is 0.469 e. The first-order valence-corrected chi connectivity index (χ1v) is 8.48. The van der Waals surface area contributed by atoms with Gasteiger partial charge in [-0.2, -0.15) is 0 Å². The Bertz CT molecular complexity index is 610. The van der Waals surface area contributed by atoms with E-state index in [0.29, 0.717) is 0 Å². The van der Waals surface area contributed by atoms with Crippen molar-refractivity contribution in [2.75, 3.05) is 13.7 Å². The van der Waals surface area contributed by atoms with Crippen molar-refractivity contribution in [1.82, 2.24) is 10.6 Å². The van der Waals surface area contributed by atoms with Crippen LogP contribution < -0.4 is 10.6 Å². The lowest BCUT2D eigenvalue weighted by Gasteiger charge is -2.21. The second-order valence-corrected chi connectivity index (χ2v) is 7.22. The molecule has 1 atom stereocenters. The second kappa shape index (κ2) is 9.41. The Kier molecular flexibility index (Phi) is 7.89. The number of methoxy groups -OCH3 is 1. The Morgan fingerprint density at radius 2 is 1.76 bits per heavy atom. The number of ether oxygens (including phenoxy) is 2. The van der Waals surface area contributed by atoms with Crippen molar-refractivity contribution in [3.8, 4) is 0 Å². The van der Waals surface area contributed by atoms with Crippen molar-refractivity contribution < 1.29 is 23.9 Å². The van der Waals surface area contributed by atoms with Crippen LogP contribution in [-0.2, 0) is 19.1 Å². The van der Waals surface area contributed by atoms with E-state index in [1.54, 1.807) is 32.9 Å². The summed E-state index contributed by atoms with van der Waals surface area (Å²) < 4.78 is 10.6. The minimum absolute atomic E-state index is 0.0175. The van der Waals surface area contributed by atoms with Crippen LogP contribution in [0.25, 0.3) is 0 Å². The number of halogens is 1. The molecule has 2 N–H and O–H groups in total. The van der Waals surface area contributed by atoms with Crippen LogP contribution in [0.2, 0.25) is 0 Å². The van der Waals surface area contributed by atoms with Gasteiger partial charge < -0.3 is 20.1 Å². The van der Waals surface area contributed by atoms with E-state index in [0.717, 1.165) is 10.0 Å². The SMILES string of the molecule is COC(=O)CC(NC(=O)CNC(=O)OC(C)(C)C)c1ccc(Br)cc1. The smallest absolute Gasteiger partial charge is 0.408 e. The zero-order valence-corrected chi connectivity index (χ0v) is 16.3. The van der Waals surface area contributed by atoms with Crippen LogP contribution in [-0.4, -0.2) is 37.2 Å². The molecule has 0 aliphatic carbocycles. The minimum atomic E-state index is -0.684. The van der Waals surface area contributed by atoms with Crippen LogP contribution in [0, 0.1) is 0 Å². The first kappa shape index (κ1) is 21.0. The molecule has 8 heteroatoms. The monoisotopic (exact) mass is 414 g/mol. The molecule has 0 aromatic heterocycles. The Labute approximate surface area is 155 Å². The molecule has 25 heavy (non-hydrogen) atoms. The highest BCUT2D eigenvalue weighted by atomic mass is 79.9. The van der Waals surface area contributed by atoms with E-state index in [1.165, 1.54) is 7.11 Å². The van der Waals surface area contributed by atoms with Gasteiger partial charge in [-0.05, 0) is 38.5 Å². The van der Waals surface area contributed by atoms with Crippen LogP contribution in [0.15, 0.2) is 28.7 Å². The predicted molar refractivity (Wildman–Crippen MR) is 95.9 cm³/mol. The highest BCUT2D eigenvalue weighted by molar-refractivity contribution is 9.10. The Balaban J connectivity index is 2.67. The lowest BCUT2D eigenvalue weighted by Crippen LogP contribution is -2.41. The molecular formula is C17H23BrN2O5. The summed E-state index contributed by atoms with van der Waals surface area (Å²) in [7, 11) is 1.28. The number of nitrogens with one attached hydrogen (secondary N) is 2. The number of alkyl carbamates (subject to hydrolysis) is 1. The van der Waals surface area contributed by atoms with Crippen molar-refractivity contribution in [3.05, 3.63) is 34.3 Å². The number of hydrogen-bond donors (Lipinski definition) is 2. The van der Waals surface area contributed by atoms with Crippen molar-refractivity contribution in [1.29, 1.82) is 0 Å². The van der Waals surface area contributed by atoms with Crippen molar-refractivity contribution >= 4 is 33.9 Å². The quantitative estimate of drug-likeness (QED) is 0.697. The van der Waals surface area contributed by atoms with Crippen LogP contribution in [0.3, 0.4) is 0 Å². The standard InChI is InChI=1S/C17H23BrN2O5/c1-17(2,3)25-16(23)19-10-14(21)20-13(9-15(22)24-4)11-5-7-12(18)8-6-11/h5-8,13H,9-10H2,1-4H3,(H,19,23)(H,20,21). The zero-order chi connectivity index (χ0) is 19.0. The zero-order valence-electron chi connectivity index (χ0n) is 14.7. The van der Waals surface area contributed by atoms with Gasteiger partial charge >= 0.3 is 12.1 Å². The molecule has 0 saturated heterocycles. The van der Waals surface area contributed by atoms with Gasteiger partial charge in [0, 0.05) is 4.47 Å². The number of carbonyl (C=O) groups is 3. The van der Waals surface area contributed by atoms with Gasteiger partial charge in [0.05, 0.1) is 19.6 Å². The van der Waals surface area contributed by atoms with E-state index in [-0.39, 0.29) is 13.0 Å². The van der Waals surface area contributed by atoms with Crippen molar-refractivity contribution in [3.63, 3.8) is 0 Å². The molecule has 7 nitrogen and oxygen atoms in total. The fraction of sp³-hybridized carbons (Fsp3) is 0.471. The number of hydrogen-bond acceptors (Lipinski definition) is 5. The first-order chi connectivity index (χ1) is 11.6. The van der Waals surface area contributed by atoms with Gasteiger partial charge in [-0.25, -0.2) is 4.79 Å². The molecule has 0 spiro atoms. The molecule has 2 amide bonds. The molecule has 1 aromatic rings. The van der Waals surface area contributed by atoms with Crippen LogP contribution in [0.4, 0.5) is 4.79 Å². The summed E-state index contributed by atoms with van der Waals surface area (Å²) >= 11 is 3.33. The molecule has 0 aliphatic rings. The maximum absolute atomic E-state index is 12.1. The number of esters is 1. The number of amides is 2. The minimum Gasteiger partial charge on any atom is -0.469 e. The van der Waals surface area contributed by atoms with Gasteiger partial charge in [0.1, 0.15) is 12.1 Å². The summed E-state index contributed by atoms with van der Waals surface area (Å²) in [6, 6.07) is 6.64. The highest BCUT2D eigenvalue weighted by Crippen LogP contribution is 2.20. The molecular weight excluding hydrogens is 392 g/mol. The predicted octanol–water partition coefficient (Wildman–Crippen LogP) is 2.69. The average molecular weight is 415 g/mol. The Morgan fingerprint density at radius 3 is 2.28 bits per heavy atom. The van der Waals surface area contributed by atoms with Gasteiger partial charge in [-0.3, -0.25) is 9.59 Å². The molecule has 1 rings (SSSR count). The topological polar surface area (TPSA) is 93.7 Å². The van der Waals surface area contributed by atoms with Crippen LogP contribution >= 0.6 is 15.9 Å². The van der Waals surface area contributed by atoms with Crippen molar-refractivity contribution in [2.45, 2.75) is 38.8 Å². The normalized spacial score (nSPS) is 12.0. The third kappa shape index (κ3) is 8.53. The highest BCUT2D eigenvalue weighted by Gasteiger charge is 2.20. The molecule has 0 bridgehead atoms. The van der Waals surface area contributed by atoms with Gasteiger partial charge in [0.15, 0.2) is 0 Å². The maximum Gasteiger partial charge on any atom is 0.408 e. The van der Waals surface area contributed by atoms with E-state index in [1.807, 2.05) is 12.1 Å². The molecule has 0 fully saturated rings. The summed E-state index contributed by atoms with van der Waals surface area (Å²) in [5.41, 5.74) is 0.102. The number of rotatable bonds is 6. The number of benzene rings is 1. The summed E-state index contributed by atoms with van der Waals surface area (Å²) in [6.45, 7) is 4.93. The summed E-state index contributed by atoms with van der Waals surface area (Å²) in [5, 5.41) is 5.09. The third-order valence-corrected chi connectivity index (χ3v) is 3.53. The summed E-state index contributed by atoms with van der Waals surface area (Å²) in [5.74, 6) is -0.893. The fourth-order valence-corrected chi connectivity index (χ4v) is 2.17. The van der Waals surface area contributed by atoms with E-state index in [4.69, 9.17) is 4.74 Å². The van der Waals surface area contributed by atoms with Crippen LogP contribution in [0.5, 0.6) is 0 Å². The number of carbonyl (C=O) groups excluding carboxylic acids is 3. The molecule has 1 aromatic carbocycles.